The Morgan fingerprint density at radius 2 is 0.978 bits per heavy atom. The van der Waals surface area contributed by atoms with Crippen molar-refractivity contribution < 1.29 is 30.6 Å². The Balaban J connectivity index is 1.71. The second-order valence-corrected chi connectivity index (χ2v) is 12.9. The Kier molecular flexibility index (Phi) is 3.82. The number of hydrogen-bond acceptors (Lipinski definition) is 8. The number of phenolic OH excluding ortho intramolecular Hbond substituents is 2. The highest BCUT2D eigenvalue weighted by atomic mass is 16.3. The van der Waals surface area contributed by atoms with Crippen molar-refractivity contribution >= 4 is 54.6 Å². The maximum absolute atomic E-state index is 13.7. The monoisotopic (exact) mass is 594 g/mol. The van der Waals surface area contributed by atoms with E-state index in [2.05, 4.69) is 0 Å². The summed E-state index contributed by atoms with van der Waals surface area (Å²) in [5.74, 6) is -3.12. The number of hydrogen-bond donors (Lipinski definition) is 6. The van der Waals surface area contributed by atoms with Crippen molar-refractivity contribution in [3.05, 3.63) is 125 Å². The first kappa shape index (κ1) is 24.7. The molecule has 6 N–H and O–H groups in total. The van der Waals surface area contributed by atoms with E-state index in [1.807, 2.05) is 30.3 Å². The van der Waals surface area contributed by atoms with Crippen LogP contribution in [0.1, 0.15) is 33.7 Å². The molecule has 4 aliphatic carbocycles. The maximum atomic E-state index is 13.7. The molecule has 8 nitrogen and oxygen atoms in total. The molecule has 4 aliphatic rings. The van der Waals surface area contributed by atoms with Gasteiger partial charge in [-0.2, -0.15) is 0 Å². The summed E-state index contributed by atoms with van der Waals surface area (Å²) in [6, 6.07) is 12.0. The number of rotatable bonds is 1. The Morgan fingerprint density at radius 3 is 1.40 bits per heavy atom. The van der Waals surface area contributed by atoms with E-state index in [4.69, 9.17) is 0 Å². The fourth-order valence-electron chi connectivity index (χ4n) is 9.85. The first-order valence-electron chi connectivity index (χ1n) is 14.6. The Bertz CT molecular complexity index is 2660. The molecule has 0 aromatic heterocycles. The molecule has 6 aromatic rings. The highest BCUT2D eigenvalue weighted by Crippen LogP contribution is 2.83. The van der Waals surface area contributed by atoms with E-state index in [1.54, 1.807) is 13.8 Å². The molecule has 0 heterocycles. The van der Waals surface area contributed by atoms with E-state index in [-0.39, 0.29) is 32.7 Å². The van der Waals surface area contributed by atoms with E-state index < -0.39 is 50.6 Å². The summed E-state index contributed by atoms with van der Waals surface area (Å²) < 4.78 is 0. The zero-order chi connectivity index (χ0) is 31.2. The van der Waals surface area contributed by atoms with Crippen LogP contribution in [0, 0.1) is 13.8 Å². The van der Waals surface area contributed by atoms with Gasteiger partial charge in [-0.25, -0.2) is 0 Å². The van der Waals surface area contributed by atoms with Gasteiger partial charge in [0, 0.05) is 28.8 Å². The molecule has 2 unspecified atom stereocenters. The molecule has 6 aromatic carbocycles. The maximum Gasteiger partial charge on any atom is 0.190 e. The lowest BCUT2D eigenvalue weighted by Crippen LogP contribution is -2.42. The van der Waals surface area contributed by atoms with Crippen molar-refractivity contribution in [1.29, 1.82) is 0 Å². The highest BCUT2D eigenvalue weighted by Gasteiger charge is 2.85. The largest absolute Gasteiger partial charge is 0.511 e. The molecule has 8 heteroatoms. The van der Waals surface area contributed by atoms with Gasteiger partial charge in [0.05, 0.1) is 32.0 Å². The third kappa shape index (κ3) is 2.14. The number of aromatic hydroxyl groups is 2. The average molecular weight is 595 g/mol. The van der Waals surface area contributed by atoms with Crippen LogP contribution in [0.5, 0.6) is 11.5 Å². The topological polar surface area (TPSA) is 156 Å². The Labute approximate surface area is 252 Å². The fraction of sp³-hybridized carbons (Fsp3) is 0.135. The van der Waals surface area contributed by atoms with Gasteiger partial charge in [-0.3, -0.25) is 9.59 Å². The van der Waals surface area contributed by atoms with E-state index in [0.717, 1.165) is 12.2 Å². The van der Waals surface area contributed by atoms with Crippen molar-refractivity contribution in [3.8, 4) is 11.5 Å². The summed E-state index contributed by atoms with van der Waals surface area (Å²) in [4.78, 5) is 27.5. The number of benzene rings is 6. The molecule has 10 rings (SSSR count). The minimum absolute atomic E-state index is 0.0275. The summed E-state index contributed by atoms with van der Waals surface area (Å²) in [6.07, 6.45) is 2.27. The van der Waals surface area contributed by atoms with E-state index >= 15 is 0 Å². The first-order valence-corrected chi connectivity index (χ1v) is 14.6. The van der Waals surface area contributed by atoms with Crippen molar-refractivity contribution in [2.24, 2.45) is 0 Å². The van der Waals surface area contributed by atoms with E-state index in [9.17, 15) is 40.2 Å². The summed E-state index contributed by atoms with van der Waals surface area (Å²) in [7, 11) is 0. The van der Waals surface area contributed by atoms with Gasteiger partial charge in [-0.1, -0.05) is 30.3 Å². The molecule has 0 radical (unpaired) electrons. The van der Waals surface area contributed by atoms with Crippen LogP contribution in [0.15, 0.2) is 75.7 Å². The Hall–Kier alpha value is -5.76. The lowest BCUT2D eigenvalue weighted by atomic mass is 9.65. The summed E-state index contributed by atoms with van der Waals surface area (Å²) in [5.41, 5.74) is -1.49. The molecular weight excluding hydrogens is 572 g/mol. The standard InChI is InChI=1S/C37H22O8/c1-12-8-15(38)23-27-21(12)22-13(2)9-16(39)24-28(22)30-29(27)31-25(33(23)44)17(40)10-19(42)36(31)35(14-6-4-3-5-7-14)37(36)20(43)11-18(41)26(32(30)37)34(24)45/h3-11,35,40-45H,1-2H3. The van der Waals surface area contributed by atoms with Gasteiger partial charge in [0.1, 0.15) is 34.5 Å². The van der Waals surface area contributed by atoms with Gasteiger partial charge in [0.25, 0.3) is 0 Å². The Morgan fingerprint density at radius 1 is 0.556 bits per heavy atom. The van der Waals surface area contributed by atoms with Crippen molar-refractivity contribution in [3.63, 3.8) is 0 Å². The van der Waals surface area contributed by atoms with Crippen molar-refractivity contribution in [2.45, 2.75) is 30.6 Å². The third-order valence-electron chi connectivity index (χ3n) is 11.1. The van der Waals surface area contributed by atoms with Gasteiger partial charge in [0.15, 0.2) is 10.9 Å². The van der Waals surface area contributed by atoms with Gasteiger partial charge in [0.2, 0.25) is 0 Å². The van der Waals surface area contributed by atoms with Crippen molar-refractivity contribution in [1.82, 2.24) is 0 Å². The van der Waals surface area contributed by atoms with Gasteiger partial charge >= 0.3 is 0 Å². The lowest BCUT2D eigenvalue weighted by molar-refractivity contribution is 0.297. The van der Waals surface area contributed by atoms with Gasteiger partial charge < -0.3 is 30.6 Å². The van der Waals surface area contributed by atoms with Crippen LogP contribution < -0.4 is 21.3 Å². The van der Waals surface area contributed by atoms with Crippen LogP contribution in [-0.4, -0.2) is 30.6 Å². The van der Waals surface area contributed by atoms with Gasteiger partial charge in [-0.15, -0.1) is 0 Å². The summed E-state index contributed by atoms with van der Waals surface area (Å²) in [5, 5.41) is 73.5. The number of allylic oxidation sites excluding steroid dienone is 2. The number of fused-ring (bicyclic) bond motifs is 1. The van der Waals surface area contributed by atoms with E-state index in [1.165, 1.54) is 12.1 Å². The van der Waals surface area contributed by atoms with Crippen LogP contribution in [0.4, 0.5) is 0 Å². The average Bonchev–Trinajstić information content (AvgIpc) is 3.63. The molecule has 218 valence electrons. The molecule has 45 heavy (non-hydrogen) atoms. The molecular formula is C37H22O8. The van der Waals surface area contributed by atoms with Crippen molar-refractivity contribution in [2.75, 3.05) is 0 Å². The molecule has 0 bridgehead atoms. The normalized spacial score (nSPS) is 24.2. The molecule has 1 saturated carbocycles. The number of aliphatic hydroxyl groups is 4. The number of phenols is 2. The van der Waals surface area contributed by atoms with Crippen LogP contribution in [0.25, 0.3) is 54.6 Å². The second kappa shape index (κ2) is 6.97. The minimum Gasteiger partial charge on any atom is -0.511 e. The highest BCUT2D eigenvalue weighted by molar-refractivity contribution is 6.38. The SMILES string of the molecule is Cc1cc(=O)c2c(O)c3c4c5c6c7c(c(O)c8c(=O)cc(C)c(c1c25)c86)=C(O)C=C(O)C71C(c2ccccc2)C41C(O)=CC=3O. The second-order valence-electron chi connectivity index (χ2n) is 12.9. The number of aryl methyl sites for hydroxylation is 2. The predicted octanol–water partition coefficient (Wildman–Crippen LogP) is 4.45. The molecule has 1 fully saturated rings. The minimum atomic E-state index is -1.52. The first-order chi connectivity index (χ1) is 21.5. The fourth-order valence-corrected chi connectivity index (χ4v) is 9.85. The molecule has 2 spiro atoms. The molecule has 0 amide bonds. The third-order valence-corrected chi connectivity index (χ3v) is 11.1. The van der Waals surface area contributed by atoms with E-state index in [0.29, 0.717) is 60.1 Å². The van der Waals surface area contributed by atoms with Crippen LogP contribution in [0.2, 0.25) is 0 Å². The van der Waals surface area contributed by atoms with Crippen LogP contribution in [-0.2, 0) is 10.8 Å². The quantitative estimate of drug-likeness (QED) is 0.121. The van der Waals surface area contributed by atoms with Crippen LogP contribution >= 0.6 is 0 Å². The molecule has 0 aliphatic heterocycles. The van der Waals surface area contributed by atoms with Crippen LogP contribution in [0.3, 0.4) is 0 Å². The zero-order valence-electron chi connectivity index (χ0n) is 23.8. The number of aliphatic hydroxyl groups excluding tert-OH is 4. The lowest BCUT2D eigenvalue weighted by Gasteiger charge is -2.37. The summed E-state index contributed by atoms with van der Waals surface area (Å²) >= 11 is 0. The zero-order valence-corrected chi connectivity index (χ0v) is 23.8. The summed E-state index contributed by atoms with van der Waals surface area (Å²) in [6.45, 7) is 3.53. The predicted molar refractivity (Wildman–Crippen MR) is 169 cm³/mol. The van der Waals surface area contributed by atoms with Gasteiger partial charge in [-0.05, 0) is 75.3 Å². The molecule has 2 atom stereocenters. The smallest absolute Gasteiger partial charge is 0.190 e. The molecule has 0 saturated heterocycles.